The van der Waals surface area contributed by atoms with Gasteiger partial charge in [0.25, 0.3) is 11.5 Å². The molecule has 0 radical (unpaired) electrons. The van der Waals surface area contributed by atoms with E-state index in [9.17, 15) is 9.59 Å². The fourth-order valence-corrected chi connectivity index (χ4v) is 5.24. The molecule has 0 fully saturated rings. The van der Waals surface area contributed by atoms with Crippen molar-refractivity contribution in [3.05, 3.63) is 111 Å². The fraction of sp³-hybridized carbons (Fsp3) is 0.263. The molecular formula is C38H40N4O5. The van der Waals surface area contributed by atoms with Gasteiger partial charge in [0.05, 0.1) is 30.3 Å². The number of fused-ring (bicyclic) bond motifs is 1. The summed E-state index contributed by atoms with van der Waals surface area (Å²) in [5.41, 5.74) is 5.39. The van der Waals surface area contributed by atoms with Crippen molar-refractivity contribution in [2.45, 2.75) is 47.5 Å². The van der Waals surface area contributed by atoms with E-state index >= 15 is 0 Å². The first-order valence-electron chi connectivity index (χ1n) is 15.8. The predicted octanol–water partition coefficient (Wildman–Crippen LogP) is 7.50. The summed E-state index contributed by atoms with van der Waals surface area (Å²) in [5, 5.41) is 7.99. The summed E-state index contributed by atoms with van der Waals surface area (Å²) in [5.74, 6) is 2.02. The topological polar surface area (TPSA) is 104 Å². The number of ether oxygens (including phenoxy) is 3. The SMILES string of the molecule is CCOc1cc(C=Nn2c(-c3cc(C(C)C)c(OCC)cc3C)nc3ccccc3c2=O)ccc1OCC(=O)Nc1ccccc1C. The summed E-state index contributed by atoms with van der Waals surface area (Å²) in [6.45, 7) is 12.7. The number of benzene rings is 4. The Kier molecular flexibility index (Phi) is 10.3. The second-order valence-electron chi connectivity index (χ2n) is 11.4. The van der Waals surface area contributed by atoms with Crippen LogP contribution in [0.1, 0.15) is 55.9 Å². The smallest absolute Gasteiger partial charge is 0.282 e. The Morgan fingerprint density at radius 1 is 0.872 bits per heavy atom. The van der Waals surface area contributed by atoms with E-state index in [0.29, 0.717) is 47.0 Å². The van der Waals surface area contributed by atoms with Crippen LogP contribution in [0.3, 0.4) is 0 Å². The van der Waals surface area contributed by atoms with Crippen molar-refractivity contribution in [1.82, 2.24) is 9.66 Å². The van der Waals surface area contributed by atoms with Gasteiger partial charge in [0, 0.05) is 11.3 Å². The van der Waals surface area contributed by atoms with Gasteiger partial charge in [-0.05, 0) is 104 Å². The molecule has 0 atom stereocenters. The van der Waals surface area contributed by atoms with Gasteiger partial charge in [-0.1, -0.05) is 44.2 Å². The zero-order valence-corrected chi connectivity index (χ0v) is 27.7. The number of nitrogens with zero attached hydrogens (tertiary/aromatic N) is 3. The number of aryl methyl sites for hydroxylation is 2. The number of rotatable bonds is 12. The third kappa shape index (κ3) is 7.52. The molecule has 0 bridgehead atoms. The Bertz CT molecular complexity index is 2000. The number of hydrogen-bond donors (Lipinski definition) is 1. The maximum atomic E-state index is 13.9. The van der Waals surface area contributed by atoms with E-state index in [1.54, 1.807) is 30.5 Å². The van der Waals surface area contributed by atoms with Crippen molar-refractivity contribution in [3.63, 3.8) is 0 Å². The zero-order valence-electron chi connectivity index (χ0n) is 27.7. The highest BCUT2D eigenvalue weighted by atomic mass is 16.5. The number of aromatic nitrogens is 2. The minimum Gasteiger partial charge on any atom is -0.494 e. The van der Waals surface area contributed by atoms with Crippen LogP contribution in [0.4, 0.5) is 5.69 Å². The van der Waals surface area contributed by atoms with Crippen molar-refractivity contribution < 1.29 is 19.0 Å². The number of carbonyl (C=O) groups excluding carboxylic acids is 1. The lowest BCUT2D eigenvalue weighted by Crippen LogP contribution is -2.21. The first kappa shape index (κ1) is 32.9. The van der Waals surface area contributed by atoms with Crippen LogP contribution >= 0.6 is 0 Å². The molecule has 47 heavy (non-hydrogen) atoms. The highest BCUT2D eigenvalue weighted by Crippen LogP contribution is 2.34. The lowest BCUT2D eigenvalue weighted by molar-refractivity contribution is -0.118. The Balaban J connectivity index is 1.49. The number of para-hydroxylation sites is 2. The molecule has 1 amide bonds. The molecule has 1 aromatic heterocycles. The van der Waals surface area contributed by atoms with E-state index < -0.39 is 0 Å². The number of carbonyl (C=O) groups is 1. The van der Waals surface area contributed by atoms with Gasteiger partial charge >= 0.3 is 0 Å². The number of nitrogens with one attached hydrogen (secondary N) is 1. The molecule has 0 aliphatic rings. The summed E-state index contributed by atoms with van der Waals surface area (Å²) >= 11 is 0. The molecule has 0 unspecified atom stereocenters. The molecule has 0 spiro atoms. The minimum atomic E-state index is -0.286. The van der Waals surface area contributed by atoms with E-state index in [4.69, 9.17) is 19.2 Å². The summed E-state index contributed by atoms with van der Waals surface area (Å²) in [6.07, 6.45) is 1.59. The number of amides is 1. The molecule has 1 N–H and O–H groups in total. The monoisotopic (exact) mass is 632 g/mol. The van der Waals surface area contributed by atoms with Crippen molar-refractivity contribution in [2.75, 3.05) is 25.1 Å². The van der Waals surface area contributed by atoms with Crippen LogP contribution < -0.4 is 25.1 Å². The van der Waals surface area contributed by atoms with Crippen LogP contribution in [-0.4, -0.2) is 41.6 Å². The molecule has 5 rings (SSSR count). The first-order valence-corrected chi connectivity index (χ1v) is 15.8. The van der Waals surface area contributed by atoms with Crippen molar-refractivity contribution >= 4 is 28.7 Å². The van der Waals surface area contributed by atoms with Crippen molar-refractivity contribution in [1.29, 1.82) is 0 Å². The van der Waals surface area contributed by atoms with Crippen LogP contribution in [-0.2, 0) is 4.79 Å². The van der Waals surface area contributed by atoms with Crippen molar-refractivity contribution in [3.8, 4) is 28.6 Å². The number of anilines is 1. The van der Waals surface area contributed by atoms with Crippen LogP contribution in [0.15, 0.2) is 88.8 Å². The lowest BCUT2D eigenvalue weighted by atomic mass is 9.96. The average Bonchev–Trinajstić information content (AvgIpc) is 3.05. The summed E-state index contributed by atoms with van der Waals surface area (Å²) in [6, 6.07) is 24.1. The summed E-state index contributed by atoms with van der Waals surface area (Å²) < 4.78 is 19.0. The first-order chi connectivity index (χ1) is 22.7. The molecule has 9 heteroatoms. The molecule has 0 saturated heterocycles. The van der Waals surface area contributed by atoms with Crippen LogP contribution in [0.5, 0.6) is 17.2 Å². The molecule has 9 nitrogen and oxygen atoms in total. The lowest BCUT2D eigenvalue weighted by Gasteiger charge is -2.18. The van der Waals surface area contributed by atoms with Gasteiger partial charge in [0.15, 0.2) is 23.9 Å². The Morgan fingerprint density at radius 2 is 1.60 bits per heavy atom. The zero-order chi connectivity index (χ0) is 33.5. The quantitative estimate of drug-likeness (QED) is 0.143. The molecular weight excluding hydrogens is 592 g/mol. The third-order valence-electron chi connectivity index (χ3n) is 7.64. The standard InChI is InChI=1S/C38H40N4O5/c1-7-45-34-19-26(6)30(21-29(34)24(3)4)37-41-32-16-12-10-14-28(32)38(44)42(37)39-22-27-17-18-33(35(20-27)46-8-2)47-23-36(43)40-31-15-11-9-13-25(31)5/h9-22,24H,7-8,23H2,1-6H3,(H,40,43). The average molecular weight is 633 g/mol. The molecule has 0 aliphatic carbocycles. The largest absolute Gasteiger partial charge is 0.494 e. The minimum absolute atomic E-state index is 0.186. The van der Waals surface area contributed by atoms with Crippen LogP contribution in [0, 0.1) is 13.8 Å². The van der Waals surface area contributed by atoms with Gasteiger partial charge < -0.3 is 19.5 Å². The molecule has 0 aliphatic heterocycles. The second kappa shape index (κ2) is 14.8. The van der Waals surface area contributed by atoms with E-state index in [1.807, 2.05) is 82.3 Å². The normalized spacial score (nSPS) is 11.3. The van der Waals surface area contributed by atoms with Crippen LogP contribution in [0.2, 0.25) is 0 Å². The third-order valence-corrected chi connectivity index (χ3v) is 7.64. The summed E-state index contributed by atoms with van der Waals surface area (Å²) in [4.78, 5) is 31.4. The van der Waals surface area contributed by atoms with Gasteiger partial charge in [-0.15, -0.1) is 0 Å². The number of hydrogen-bond acceptors (Lipinski definition) is 7. The van der Waals surface area contributed by atoms with E-state index in [2.05, 4.69) is 24.3 Å². The van der Waals surface area contributed by atoms with E-state index in [-0.39, 0.29) is 24.0 Å². The van der Waals surface area contributed by atoms with Gasteiger partial charge in [0.2, 0.25) is 0 Å². The maximum absolute atomic E-state index is 13.9. The Hall–Kier alpha value is -5.44. The fourth-order valence-electron chi connectivity index (χ4n) is 5.24. The molecule has 0 saturated carbocycles. The highest BCUT2D eigenvalue weighted by molar-refractivity contribution is 5.92. The predicted molar refractivity (Wildman–Crippen MR) is 187 cm³/mol. The van der Waals surface area contributed by atoms with E-state index in [1.165, 1.54) is 4.68 Å². The highest BCUT2D eigenvalue weighted by Gasteiger charge is 2.19. The molecule has 5 aromatic rings. The molecule has 1 heterocycles. The van der Waals surface area contributed by atoms with Gasteiger partial charge in [-0.3, -0.25) is 9.59 Å². The maximum Gasteiger partial charge on any atom is 0.282 e. The van der Waals surface area contributed by atoms with Crippen molar-refractivity contribution in [2.24, 2.45) is 5.10 Å². The Labute approximate surface area is 274 Å². The second-order valence-corrected chi connectivity index (χ2v) is 11.4. The van der Waals surface area contributed by atoms with E-state index in [0.717, 1.165) is 33.7 Å². The molecule has 4 aromatic carbocycles. The Morgan fingerprint density at radius 3 is 2.34 bits per heavy atom. The van der Waals surface area contributed by atoms with Gasteiger partial charge in [-0.2, -0.15) is 9.78 Å². The van der Waals surface area contributed by atoms with Gasteiger partial charge in [0.1, 0.15) is 5.75 Å². The van der Waals surface area contributed by atoms with Crippen LogP contribution in [0.25, 0.3) is 22.3 Å². The molecule has 242 valence electrons. The van der Waals surface area contributed by atoms with Gasteiger partial charge in [-0.25, -0.2) is 4.98 Å². The summed E-state index contributed by atoms with van der Waals surface area (Å²) in [7, 11) is 0.